The Kier molecular flexibility index (Phi) is 2.22. The van der Waals surface area contributed by atoms with Crippen LogP contribution in [0.2, 0.25) is 0 Å². The Labute approximate surface area is 71.6 Å². The van der Waals surface area contributed by atoms with Crippen LogP contribution < -0.4 is 0 Å². The van der Waals surface area contributed by atoms with Crippen molar-refractivity contribution in [3.63, 3.8) is 0 Å². The average Bonchev–Trinajstić information content (AvgIpc) is 1.94. The highest BCUT2D eigenvalue weighted by molar-refractivity contribution is 14.1. The zero-order valence-electron chi connectivity index (χ0n) is 4.94. The lowest BCUT2D eigenvalue weighted by molar-refractivity contribution is 0.627. The first-order valence-electron chi connectivity index (χ1n) is 2.59. The predicted molar refractivity (Wildman–Crippen MR) is 43.8 cm³/mol. The van der Waals surface area contributed by atoms with Crippen LogP contribution in [0.25, 0.3) is 0 Å². The Morgan fingerprint density at radius 2 is 2.20 bits per heavy atom. The molecule has 3 heteroatoms. The number of rotatable bonds is 0. The normalized spacial score (nSPS) is 8.90. The van der Waals surface area contributed by atoms with E-state index in [0.717, 1.165) is 3.57 Å². The molecule has 1 aromatic rings. The van der Waals surface area contributed by atoms with Crippen molar-refractivity contribution in [2.24, 2.45) is 0 Å². The number of nitriles is 1. The van der Waals surface area contributed by atoms with Gasteiger partial charge in [0.2, 0.25) is 0 Å². The molecule has 0 heterocycles. The van der Waals surface area contributed by atoms with Crippen LogP contribution in [0, 0.1) is 20.7 Å². The molecule has 1 rings (SSSR count). The van der Waals surface area contributed by atoms with Crippen LogP contribution in [-0.4, -0.2) is 0 Å². The number of hydrogen-bond acceptors (Lipinski definition) is 1. The summed E-state index contributed by atoms with van der Waals surface area (Å²) in [5, 5.41) is 8.42. The third kappa shape index (κ3) is 1.45. The van der Waals surface area contributed by atoms with Crippen molar-refractivity contribution >= 4 is 22.6 Å². The van der Waals surface area contributed by atoms with Gasteiger partial charge in [-0.25, -0.2) is 4.39 Å². The van der Waals surface area contributed by atoms with Crippen LogP contribution in [0.15, 0.2) is 18.2 Å². The smallest absolute Gasteiger partial charge is 0.124 e. The monoisotopic (exact) mass is 247 g/mol. The van der Waals surface area contributed by atoms with Crippen molar-refractivity contribution in [2.45, 2.75) is 0 Å². The molecule has 0 atom stereocenters. The summed E-state index contributed by atoms with van der Waals surface area (Å²) in [6, 6.07) is 6.03. The maximum absolute atomic E-state index is 12.4. The van der Waals surface area contributed by atoms with Crippen molar-refractivity contribution in [1.82, 2.24) is 0 Å². The van der Waals surface area contributed by atoms with Gasteiger partial charge in [0.1, 0.15) is 11.9 Å². The molecule has 0 aliphatic carbocycles. The Balaban J connectivity index is 3.25. The van der Waals surface area contributed by atoms with Crippen LogP contribution in [0.4, 0.5) is 4.39 Å². The number of benzene rings is 1. The summed E-state index contributed by atoms with van der Waals surface area (Å²) < 4.78 is 13.2. The lowest BCUT2D eigenvalue weighted by Gasteiger charge is -1.92. The topological polar surface area (TPSA) is 23.8 Å². The molecule has 0 fully saturated rings. The number of nitrogens with zero attached hydrogens (tertiary/aromatic N) is 1. The van der Waals surface area contributed by atoms with Crippen molar-refractivity contribution in [3.8, 4) is 6.07 Å². The van der Waals surface area contributed by atoms with E-state index in [1.54, 1.807) is 6.07 Å². The third-order valence-corrected chi connectivity index (χ3v) is 1.99. The number of hydrogen-bond donors (Lipinski definition) is 0. The summed E-state index contributed by atoms with van der Waals surface area (Å²) in [4.78, 5) is 0. The van der Waals surface area contributed by atoms with Crippen molar-refractivity contribution in [1.29, 1.82) is 5.26 Å². The first-order chi connectivity index (χ1) is 4.74. The minimum Gasteiger partial charge on any atom is -0.207 e. The molecule has 0 radical (unpaired) electrons. The van der Waals surface area contributed by atoms with Gasteiger partial charge in [-0.15, -0.1) is 0 Å². The van der Waals surface area contributed by atoms with Gasteiger partial charge in [-0.3, -0.25) is 0 Å². The molecule has 0 aliphatic rings. The maximum atomic E-state index is 12.4. The molecule has 1 aromatic carbocycles. The van der Waals surface area contributed by atoms with Crippen LogP contribution in [0.5, 0.6) is 0 Å². The van der Waals surface area contributed by atoms with E-state index in [2.05, 4.69) is 0 Å². The van der Waals surface area contributed by atoms with Gasteiger partial charge < -0.3 is 0 Å². The summed E-state index contributed by atoms with van der Waals surface area (Å²) >= 11 is 1.99. The molecule has 0 saturated carbocycles. The summed E-state index contributed by atoms with van der Waals surface area (Å²) in [6.45, 7) is 0. The van der Waals surface area contributed by atoms with E-state index in [4.69, 9.17) is 5.26 Å². The van der Waals surface area contributed by atoms with E-state index >= 15 is 0 Å². The van der Waals surface area contributed by atoms with Gasteiger partial charge in [0, 0.05) is 3.57 Å². The van der Waals surface area contributed by atoms with Gasteiger partial charge in [0.15, 0.2) is 0 Å². The largest absolute Gasteiger partial charge is 0.207 e. The van der Waals surface area contributed by atoms with Crippen LogP contribution in [0.3, 0.4) is 0 Å². The molecule has 0 unspecified atom stereocenters. The molecule has 0 spiro atoms. The first-order valence-corrected chi connectivity index (χ1v) is 3.67. The predicted octanol–water partition coefficient (Wildman–Crippen LogP) is 2.30. The first kappa shape index (κ1) is 7.48. The quantitative estimate of drug-likeness (QED) is 0.645. The summed E-state index contributed by atoms with van der Waals surface area (Å²) in [5.74, 6) is -0.364. The maximum Gasteiger partial charge on any atom is 0.124 e. The van der Waals surface area contributed by atoms with Gasteiger partial charge in [0.05, 0.1) is 5.56 Å². The minimum absolute atomic E-state index is 0.364. The van der Waals surface area contributed by atoms with E-state index in [9.17, 15) is 4.39 Å². The zero-order chi connectivity index (χ0) is 7.56. The molecule has 50 valence electrons. The summed E-state index contributed by atoms with van der Waals surface area (Å²) in [7, 11) is 0. The molecular formula is C7H3FIN. The summed E-state index contributed by atoms with van der Waals surface area (Å²) in [5.41, 5.74) is 0.389. The Morgan fingerprint density at radius 1 is 1.50 bits per heavy atom. The van der Waals surface area contributed by atoms with Crippen LogP contribution >= 0.6 is 22.6 Å². The molecule has 0 saturated heterocycles. The molecule has 0 aromatic heterocycles. The van der Waals surface area contributed by atoms with Gasteiger partial charge in [-0.1, -0.05) is 0 Å². The molecule has 0 amide bonds. The van der Waals surface area contributed by atoms with Gasteiger partial charge >= 0.3 is 0 Å². The fraction of sp³-hybridized carbons (Fsp3) is 0. The highest BCUT2D eigenvalue weighted by Gasteiger charge is 1.98. The van der Waals surface area contributed by atoms with Gasteiger partial charge in [0.25, 0.3) is 0 Å². The minimum atomic E-state index is -0.364. The molecule has 0 aliphatic heterocycles. The Morgan fingerprint density at radius 3 is 2.70 bits per heavy atom. The number of halogens is 2. The van der Waals surface area contributed by atoms with Gasteiger partial charge in [-0.2, -0.15) is 5.26 Å². The Bertz CT molecular complexity index is 290. The molecule has 0 N–H and O–H groups in total. The lowest BCUT2D eigenvalue weighted by atomic mass is 10.2. The third-order valence-electron chi connectivity index (χ3n) is 1.05. The van der Waals surface area contributed by atoms with E-state index in [-0.39, 0.29) is 5.82 Å². The van der Waals surface area contributed by atoms with E-state index in [1.807, 2.05) is 28.7 Å². The van der Waals surface area contributed by atoms with Crippen molar-refractivity contribution in [2.75, 3.05) is 0 Å². The second-order valence-electron chi connectivity index (χ2n) is 1.74. The fourth-order valence-electron chi connectivity index (χ4n) is 0.583. The zero-order valence-corrected chi connectivity index (χ0v) is 7.09. The summed E-state index contributed by atoms with van der Waals surface area (Å²) in [6.07, 6.45) is 0. The molecule has 1 nitrogen and oxygen atoms in total. The SMILES string of the molecule is N#Cc1cc(F)ccc1I. The molecule has 10 heavy (non-hydrogen) atoms. The highest BCUT2D eigenvalue weighted by atomic mass is 127. The van der Waals surface area contributed by atoms with Crippen molar-refractivity contribution in [3.05, 3.63) is 33.1 Å². The molecule has 0 bridgehead atoms. The molecular weight excluding hydrogens is 244 g/mol. The highest BCUT2D eigenvalue weighted by Crippen LogP contribution is 2.11. The lowest BCUT2D eigenvalue weighted by Crippen LogP contribution is -1.82. The van der Waals surface area contributed by atoms with E-state index in [1.165, 1.54) is 12.1 Å². The van der Waals surface area contributed by atoms with Crippen LogP contribution in [-0.2, 0) is 0 Å². The Hall–Kier alpha value is -0.630. The fourth-order valence-corrected chi connectivity index (χ4v) is 1.04. The van der Waals surface area contributed by atoms with E-state index in [0.29, 0.717) is 5.56 Å². The van der Waals surface area contributed by atoms with Crippen LogP contribution in [0.1, 0.15) is 5.56 Å². The van der Waals surface area contributed by atoms with Crippen molar-refractivity contribution < 1.29 is 4.39 Å². The standard InChI is InChI=1S/C7H3FIN/c8-6-1-2-7(9)5(3-6)4-10/h1-3H. The van der Waals surface area contributed by atoms with Gasteiger partial charge in [-0.05, 0) is 40.8 Å². The average molecular weight is 247 g/mol. The van der Waals surface area contributed by atoms with E-state index < -0.39 is 0 Å². The second-order valence-corrected chi connectivity index (χ2v) is 2.90. The second kappa shape index (κ2) is 2.97.